The smallest absolute Gasteiger partial charge is 0.231 e. The molecule has 0 aliphatic rings. The van der Waals surface area contributed by atoms with Crippen LogP contribution in [0.2, 0.25) is 0 Å². The van der Waals surface area contributed by atoms with Crippen molar-refractivity contribution in [3.8, 4) is 5.75 Å². The number of thioether (sulfide) groups is 1. The van der Waals surface area contributed by atoms with E-state index in [1.807, 2.05) is 38.1 Å². The summed E-state index contributed by atoms with van der Waals surface area (Å²) in [7, 11) is 0. The minimum absolute atomic E-state index is 0.0239. The first-order valence-electron chi connectivity index (χ1n) is 9.84. The molecule has 1 amide bonds. The number of carbonyl (C=O) groups excluding carboxylic acids is 2. The molecule has 1 heterocycles. The molecule has 0 aliphatic carbocycles. The van der Waals surface area contributed by atoms with Crippen molar-refractivity contribution in [2.45, 2.75) is 64.8 Å². The van der Waals surface area contributed by atoms with Gasteiger partial charge in [0.25, 0.3) is 0 Å². The van der Waals surface area contributed by atoms with Crippen LogP contribution in [0.4, 0.5) is 0 Å². The summed E-state index contributed by atoms with van der Waals surface area (Å²) in [5.74, 6) is 6.98. The zero-order valence-electron chi connectivity index (χ0n) is 18.4. The van der Waals surface area contributed by atoms with Gasteiger partial charge in [0.15, 0.2) is 11.6 Å². The minimum Gasteiger partial charge on any atom is -0.486 e. The molecule has 30 heavy (non-hydrogen) atoms. The molecule has 0 bridgehead atoms. The van der Waals surface area contributed by atoms with Gasteiger partial charge < -0.3 is 15.9 Å². The van der Waals surface area contributed by atoms with Gasteiger partial charge >= 0.3 is 0 Å². The van der Waals surface area contributed by atoms with Crippen LogP contribution in [0.3, 0.4) is 0 Å². The Kier molecular flexibility index (Phi) is 7.89. The summed E-state index contributed by atoms with van der Waals surface area (Å²) < 4.78 is 7.07. The highest BCUT2D eigenvalue weighted by molar-refractivity contribution is 7.99. The summed E-state index contributed by atoms with van der Waals surface area (Å²) in [6, 6.07) is 7.40. The third kappa shape index (κ3) is 6.48. The molecule has 0 saturated carbocycles. The van der Waals surface area contributed by atoms with E-state index >= 15 is 0 Å². The molecule has 164 valence electrons. The number of ketones is 1. The second-order valence-corrected chi connectivity index (χ2v) is 9.46. The summed E-state index contributed by atoms with van der Waals surface area (Å²) in [6.45, 7) is 11.9. The van der Waals surface area contributed by atoms with Gasteiger partial charge in [-0.25, -0.2) is 4.68 Å². The molecule has 9 heteroatoms. The van der Waals surface area contributed by atoms with Gasteiger partial charge in [0.1, 0.15) is 12.4 Å². The standard InChI is InChI=1S/C21H31N5O3S/c1-13(2)19(14(3)27)23-18(28)12-30-20-25-24-17(26(20)22)11-29-16-9-7-15(8-10-16)21(4,5)6/h7-10,13,19H,11-12,22H2,1-6H3,(H,23,28). The fraction of sp³-hybridized carbons (Fsp3) is 0.524. The summed E-state index contributed by atoms with van der Waals surface area (Å²) in [5.41, 5.74) is 1.30. The minimum atomic E-state index is -0.498. The third-order valence-electron chi connectivity index (χ3n) is 4.58. The maximum atomic E-state index is 12.2. The van der Waals surface area contributed by atoms with Gasteiger partial charge in [0.05, 0.1) is 11.8 Å². The first kappa shape index (κ1) is 23.7. The largest absolute Gasteiger partial charge is 0.486 e. The third-order valence-corrected chi connectivity index (χ3v) is 5.52. The molecule has 0 fully saturated rings. The number of Topliss-reactive ketones (excluding diaryl/α,β-unsaturated/α-hetero) is 1. The predicted octanol–water partition coefficient (Wildman–Crippen LogP) is 2.69. The van der Waals surface area contributed by atoms with Crippen molar-refractivity contribution >= 4 is 23.5 Å². The van der Waals surface area contributed by atoms with E-state index in [0.29, 0.717) is 16.7 Å². The second kappa shape index (κ2) is 9.97. The first-order valence-corrected chi connectivity index (χ1v) is 10.8. The topological polar surface area (TPSA) is 112 Å². The molecule has 1 atom stereocenters. The fourth-order valence-corrected chi connectivity index (χ4v) is 3.47. The molecule has 2 rings (SSSR count). The summed E-state index contributed by atoms with van der Waals surface area (Å²) in [4.78, 5) is 23.8. The molecule has 1 aromatic heterocycles. The SMILES string of the molecule is CC(=O)C(NC(=O)CSc1nnc(COc2ccc(C(C)(C)C)cc2)n1N)C(C)C. The van der Waals surface area contributed by atoms with Crippen molar-refractivity contribution < 1.29 is 14.3 Å². The molecular formula is C21H31N5O3S. The normalized spacial score (nSPS) is 12.6. The zero-order chi connectivity index (χ0) is 22.5. The lowest BCUT2D eigenvalue weighted by molar-refractivity contribution is -0.126. The molecule has 0 aliphatic heterocycles. The number of nitrogens with one attached hydrogen (secondary N) is 1. The summed E-state index contributed by atoms with van der Waals surface area (Å²) in [6.07, 6.45) is 0. The maximum absolute atomic E-state index is 12.2. The van der Waals surface area contributed by atoms with Gasteiger partial charge in [-0.2, -0.15) is 0 Å². The maximum Gasteiger partial charge on any atom is 0.231 e. The van der Waals surface area contributed by atoms with Crippen molar-refractivity contribution in [2.75, 3.05) is 11.6 Å². The predicted molar refractivity (Wildman–Crippen MR) is 118 cm³/mol. The second-order valence-electron chi connectivity index (χ2n) is 8.52. The van der Waals surface area contributed by atoms with Gasteiger partial charge in [0.2, 0.25) is 11.1 Å². The number of hydrogen-bond donors (Lipinski definition) is 2. The van der Waals surface area contributed by atoms with Crippen LogP contribution in [0.25, 0.3) is 0 Å². The number of nitrogen functional groups attached to an aromatic ring is 1. The first-order chi connectivity index (χ1) is 14.0. The molecule has 0 radical (unpaired) electrons. The van der Waals surface area contributed by atoms with Crippen LogP contribution in [-0.4, -0.2) is 38.4 Å². The Morgan fingerprint density at radius 2 is 1.83 bits per heavy atom. The Labute approximate surface area is 181 Å². The zero-order valence-corrected chi connectivity index (χ0v) is 19.2. The van der Waals surface area contributed by atoms with E-state index in [9.17, 15) is 9.59 Å². The number of nitrogens with zero attached hydrogens (tertiary/aromatic N) is 3. The number of rotatable bonds is 9. The van der Waals surface area contributed by atoms with Crippen LogP contribution in [0, 0.1) is 5.92 Å². The van der Waals surface area contributed by atoms with Crippen LogP contribution in [0.15, 0.2) is 29.4 Å². The highest BCUT2D eigenvalue weighted by atomic mass is 32.2. The van der Waals surface area contributed by atoms with Crippen molar-refractivity contribution in [3.05, 3.63) is 35.7 Å². The lowest BCUT2D eigenvalue weighted by Gasteiger charge is -2.19. The highest BCUT2D eigenvalue weighted by Gasteiger charge is 2.21. The number of aromatic nitrogens is 3. The lowest BCUT2D eigenvalue weighted by Crippen LogP contribution is -2.44. The van der Waals surface area contributed by atoms with E-state index in [0.717, 1.165) is 11.8 Å². The van der Waals surface area contributed by atoms with Crippen molar-refractivity contribution in [1.29, 1.82) is 0 Å². The Morgan fingerprint density at radius 1 is 1.20 bits per heavy atom. The lowest BCUT2D eigenvalue weighted by atomic mass is 9.87. The van der Waals surface area contributed by atoms with Crippen LogP contribution >= 0.6 is 11.8 Å². The van der Waals surface area contributed by atoms with Crippen molar-refractivity contribution in [3.63, 3.8) is 0 Å². The van der Waals surface area contributed by atoms with E-state index in [2.05, 4.69) is 36.3 Å². The average molecular weight is 434 g/mol. The number of amides is 1. The fourth-order valence-electron chi connectivity index (χ4n) is 2.79. The number of ether oxygens (including phenoxy) is 1. The van der Waals surface area contributed by atoms with Crippen molar-refractivity contribution in [1.82, 2.24) is 20.2 Å². The van der Waals surface area contributed by atoms with E-state index in [-0.39, 0.29) is 35.4 Å². The molecule has 1 aromatic carbocycles. The Balaban J connectivity index is 1.90. The highest BCUT2D eigenvalue weighted by Crippen LogP contribution is 2.24. The van der Waals surface area contributed by atoms with Gasteiger partial charge in [-0.1, -0.05) is 58.5 Å². The number of nitrogens with two attached hydrogens (primary N) is 1. The number of benzene rings is 1. The number of hydrogen-bond acceptors (Lipinski definition) is 7. The Bertz CT molecular complexity index is 872. The van der Waals surface area contributed by atoms with Gasteiger partial charge in [0, 0.05) is 0 Å². The molecule has 0 saturated heterocycles. The monoisotopic (exact) mass is 433 g/mol. The number of carbonyl (C=O) groups is 2. The van der Waals surface area contributed by atoms with E-state index in [1.54, 1.807) is 0 Å². The van der Waals surface area contributed by atoms with Crippen LogP contribution in [-0.2, 0) is 21.6 Å². The molecular weight excluding hydrogens is 402 g/mol. The van der Waals surface area contributed by atoms with Gasteiger partial charge in [-0.15, -0.1) is 10.2 Å². The molecule has 2 aromatic rings. The van der Waals surface area contributed by atoms with E-state index < -0.39 is 6.04 Å². The van der Waals surface area contributed by atoms with E-state index in [1.165, 1.54) is 17.2 Å². The molecule has 3 N–H and O–H groups in total. The van der Waals surface area contributed by atoms with Gasteiger partial charge in [-0.3, -0.25) is 9.59 Å². The van der Waals surface area contributed by atoms with Crippen LogP contribution < -0.4 is 15.9 Å². The Morgan fingerprint density at radius 3 is 2.37 bits per heavy atom. The molecule has 0 spiro atoms. The van der Waals surface area contributed by atoms with Crippen molar-refractivity contribution in [2.24, 2.45) is 5.92 Å². The van der Waals surface area contributed by atoms with Crippen LogP contribution in [0.5, 0.6) is 5.75 Å². The summed E-state index contributed by atoms with van der Waals surface area (Å²) in [5, 5.41) is 11.2. The van der Waals surface area contributed by atoms with Gasteiger partial charge in [-0.05, 0) is 36.0 Å². The molecule has 8 nitrogen and oxygen atoms in total. The van der Waals surface area contributed by atoms with E-state index in [4.69, 9.17) is 10.6 Å². The van der Waals surface area contributed by atoms with Crippen LogP contribution in [0.1, 0.15) is 52.9 Å². The molecule has 1 unspecified atom stereocenters. The quantitative estimate of drug-likeness (QED) is 0.462. The summed E-state index contributed by atoms with van der Waals surface area (Å²) >= 11 is 1.15. The Hall–Kier alpha value is -2.55. The average Bonchev–Trinajstić information content (AvgIpc) is 3.01.